The molecule has 308 valence electrons. The Hall–Kier alpha value is -8.86. The number of pyridine rings is 1. The monoisotopic (exact) mass is 840 g/mol. The first-order chi connectivity index (χ1) is 32.7. The summed E-state index contributed by atoms with van der Waals surface area (Å²) < 4.78 is 4.72. The van der Waals surface area contributed by atoms with Crippen molar-refractivity contribution >= 4 is 54.5 Å². The van der Waals surface area contributed by atoms with Crippen molar-refractivity contribution in [2.45, 2.75) is 0 Å². The molecule has 0 saturated carbocycles. The third-order valence-corrected chi connectivity index (χ3v) is 13.1. The predicted octanol–water partition coefficient (Wildman–Crippen LogP) is 16.2. The Bertz CT molecular complexity index is 3890. The van der Waals surface area contributed by atoms with Gasteiger partial charge >= 0.3 is 0 Å². The molecule has 0 N–H and O–H groups in total. The second-order valence-electron chi connectivity index (χ2n) is 17.0. The van der Waals surface area contributed by atoms with Gasteiger partial charge in [0, 0.05) is 44.0 Å². The molecule has 0 aliphatic heterocycles. The summed E-state index contributed by atoms with van der Waals surface area (Å²) in [5.74, 6) is 0.898. The molecule has 13 rings (SSSR count). The van der Waals surface area contributed by atoms with Crippen LogP contribution in [-0.2, 0) is 0 Å². The maximum Gasteiger partial charge on any atom is 0.145 e. The Morgan fingerprint density at radius 1 is 0.273 bits per heavy atom. The maximum absolute atomic E-state index is 5.56. The molecule has 0 aliphatic carbocycles. The average molecular weight is 841 g/mol. The first kappa shape index (κ1) is 37.7. The molecule has 0 bridgehead atoms. The van der Waals surface area contributed by atoms with E-state index in [4.69, 9.17) is 9.97 Å². The fourth-order valence-corrected chi connectivity index (χ4v) is 9.99. The molecule has 0 radical (unpaired) electrons. The zero-order valence-corrected chi connectivity index (χ0v) is 35.9. The number of para-hydroxylation sites is 3. The molecule has 0 saturated heterocycles. The van der Waals surface area contributed by atoms with E-state index >= 15 is 0 Å². The number of rotatable bonds is 7. The first-order valence-corrected chi connectivity index (χ1v) is 22.5. The van der Waals surface area contributed by atoms with Gasteiger partial charge in [0.2, 0.25) is 0 Å². The molecular formula is C62H40N4. The molecule has 0 fully saturated rings. The van der Waals surface area contributed by atoms with Crippen LogP contribution in [-0.4, -0.2) is 19.1 Å². The van der Waals surface area contributed by atoms with Gasteiger partial charge in [-0.25, -0.2) is 9.97 Å². The van der Waals surface area contributed by atoms with Crippen LogP contribution in [0.1, 0.15) is 0 Å². The van der Waals surface area contributed by atoms with Crippen molar-refractivity contribution in [1.82, 2.24) is 19.1 Å². The largest absolute Gasteiger partial charge is 0.307 e. The van der Waals surface area contributed by atoms with Gasteiger partial charge in [-0.3, -0.25) is 4.57 Å². The van der Waals surface area contributed by atoms with E-state index < -0.39 is 0 Å². The number of benzene rings is 10. The van der Waals surface area contributed by atoms with Crippen LogP contribution in [0.5, 0.6) is 0 Å². The molecular weight excluding hydrogens is 801 g/mol. The zero-order chi connectivity index (χ0) is 43.6. The van der Waals surface area contributed by atoms with Crippen LogP contribution < -0.4 is 0 Å². The van der Waals surface area contributed by atoms with E-state index in [1.807, 2.05) is 0 Å². The minimum Gasteiger partial charge on any atom is -0.307 e. The van der Waals surface area contributed by atoms with E-state index in [2.05, 4.69) is 252 Å². The van der Waals surface area contributed by atoms with Crippen LogP contribution in [0.2, 0.25) is 0 Å². The van der Waals surface area contributed by atoms with E-state index in [9.17, 15) is 0 Å². The third kappa shape index (κ3) is 6.22. The fourth-order valence-electron chi connectivity index (χ4n) is 9.99. The lowest BCUT2D eigenvalue weighted by molar-refractivity contribution is 1.10. The van der Waals surface area contributed by atoms with Gasteiger partial charge in [0.1, 0.15) is 5.82 Å². The summed E-state index contributed by atoms with van der Waals surface area (Å²) in [5, 5.41) is 5.84. The molecule has 4 nitrogen and oxygen atoms in total. The number of hydrogen-bond donors (Lipinski definition) is 0. The van der Waals surface area contributed by atoms with Gasteiger partial charge in [-0.2, -0.15) is 0 Å². The van der Waals surface area contributed by atoms with E-state index in [0.717, 1.165) is 94.6 Å². The molecule has 13 aromatic rings. The van der Waals surface area contributed by atoms with Gasteiger partial charge in [0.25, 0.3) is 0 Å². The summed E-state index contributed by atoms with van der Waals surface area (Å²) in [6.07, 6.45) is 0. The average Bonchev–Trinajstić information content (AvgIpc) is 3.96. The molecule has 0 atom stereocenters. The van der Waals surface area contributed by atoms with E-state index in [0.29, 0.717) is 0 Å². The van der Waals surface area contributed by atoms with Crippen LogP contribution in [0, 0.1) is 0 Å². The second-order valence-corrected chi connectivity index (χ2v) is 17.0. The van der Waals surface area contributed by atoms with Gasteiger partial charge in [0.15, 0.2) is 0 Å². The highest BCUT2D eigenvalue weighted by atomic mass is 15.1. The first-order valence-electron chi connectivity index (χ1n) is 22.5. The molecule has 0 unspecified atom stereocenters. The van der Waals surface area contributed by atoms with Crippen LogP contribution in [0.15, 0.2) is 243 Å². The Labute approximate surface area is 382 Å². The summed E-state index contributed by atoms with van der Waals surface area (Å²) in [6.45, 7) is 0. The van der Waals surface area contributed by atoms with Crippen molar-refractivity contribution in [3.05, 3.63) is 243 Å². The molecule has 4 heteroatoms. The van der Waals surface area contributed by atoms with Crippen LogP contribution in [0.3, 0.4) is 0 Å². The van der Waals surface area contributed by atoms with Gasteiger partial charge in [0.05, 0.1) is 33.3 Å². The molecule has 0 spiro atoms. The summed E-state index contributed by atoms with van der Waals surface area (Å²) in [6, 6.07) is 86.9. The van der Waals surface area contributed by atoms with Crippen molar-refractivity contribution in [2.24, 2.45) is 0 Å². The molecule has 3 heterocycles. The number of nitrogens with zero attached hydrogens (tertiary/aromatic N) is 4. The van der Waals surface area contributed by atoms with E-state index in [-0.39, 0.29) is 0 Å². The minimum atomic E-state index is 0.898. The number of imidazole rings is 1. The van der Waals surface area contributed by atoms with Crippen molar-refractivity contribution in [3.8, 4) is 67.4 Å². The van der Waals surface area contributed by atoms with Crippen molar-refractivity contribution in [3.63, 3.8) is 0 Å². The van der Waals surface area contributed by atoms with Crippen molar-refractivity contribution in [1.29, 1.82) is 0 Å². The highest BCUT2D eigenvalue weighted by molar-refractivity contribution is 6.23. The normalized spacial score (nSPS) is 11.6. The highest BCUT2D eigenvalue weighted by Crippen LogP contribution is 2.42. The standard InChI is InChI=1S/C62H40N4/c1-5-17-41(18-6-1)47-37-48(42-19-7-2-8-20-42)39-50(38-47)66-58-28-16-15-27-56(58)63-62(66)45-31-29-43(30-32-45)46-33-36-57-55(40-46)54-35-34-53-51-25-13-14-26-52(51)59(44-21-9-3-10-22-44)64-60(53)61(54)65(57)49-23-11-4-12-24-49/h1-40H. The molecule has 66 heavy (non-hydrogen) atoms. The summed E-state index contributed by atoms with van der Waals surface area (Å²) in [5.41, 5.74) is 17.5. The van der Waals surface area contributed by atoms with E-state index in [1.165, 1.54) is 27.3 Å². The van der Waals surface area contributed by atoms with E-state index in [1.54, 1.807) is 0 Å². The van der Waals surface area contributed by atoms with Gasteiger partial charge in [-0.15, -0.1) is 0 Å². The fraction of sp³-hybridized carbons (Fsp3) is 0. The molecule has 3 aromatic heterocycles. The summed E-state index contributed by atoms with van der Waals surface area (Å²) in [7, 11) is 0. The maximum atomic E-state index is 5.56. The van der Waals surface area contributed by atoms with Gasteiger partial charge in [-0.1, -0.05) is 188 Å². The van der Waals surface area contributed by atoms with Crippen molar-refractivity contribution in [2.75, 3.05) is 0 Å². The minimum absolute atomic E-state index is 0.898. The third-order valence-electron chi connectivity index (χ3n) is 13.1. The lowest BCUT2D eigenvalue weighted by atomic mass is 9.97. The van der Waals surface area contributed by atoms with Crippen LogP contribution >= 0.6 is 0 Å². The molecule has 10 aromatic carbocycles. The van der Waals surface area contributed by atoms with Gasteiger partial charge in [-0.05, 0) is 93.4 Å². The summed E-state index contributed by atoms with van der Waals surface area (Å²) in [4.78, 5) is 10.9. The highest BCUT2D eigenvalue weighted by Gasteiger charge is 2.21. The van der Waals surface area contributed by atoms with Crippen molar-refractivity contribution < 1.29 is 0 Å². The summed E-state index contributed by atoms with van der Waals surface area (Å²) >= 11 is 0. The van der Waals surface area contributed by atoms with Crippen LogP contribution in [0.25, 0.3) is 122 Å². The topological polar surface area (TPSA) is 35.6 Å². The quantitative estimate of drug-likeness (QED) is 0.150. The Morgan fingerprint density at radius 2 is 0.818 bits per heavy atom. The lowest BCUT2D eigenvalue weighted by Crippen LogP contribution is -1.99. The van der Waals surface area contributed by atoms with Gasteiger partial charge < -0.3 is 4.57 Å². The smallest absolute Gasteiger partial charge is 0.145 e. The molecule has 0 aliphatic rings. The Kier molecular flexibility index (Phi) is 8.81. The van der Waals surface area contributed by atoms with Crippen LogP contribution in [0.4, 0.5) is 0 Å². The lowest BCUT2D eigenvalue weighted by Gasteiger charge is -2.15. The number of hydrogen-bond acceptors (Lipinski definition) is 2. The number of fused-ring (bicyclic) bond motifs is 8. The molecule has 0 amide bonds. The SMILES string of the molecule is c1ccc(-c2cc(-c3ccccc3)cc(-n3c(-c4ccc(-c5ccc6c(c5)c5ccc7c8ccccc8c(-c8ccccc8)nc7c5n6-c5ccccc5)cc4)nc4ccccc43)c2)cc1. The predicted molar refractivity (Wildman–Crippen MR) is 275 cm³/mol. The Balaban J connectivity index is 0.969. The zero-order valence-electron chi connectivity index (χ0n) is 35.9. The number of aromatic nitrogens is 4. The second kappa shape index (κ2) is 15.4. The Morgan fingerprint density at radius 3 is 1.52 bits per heavy atom.